The molecular formula is C8H9F2N7O2. The second-order valence-corrected chi connectivity index (χ2v) is 3.45. The Labute approximate surface area is 105 Å². The van der Waals surface area contributed by atoms with E-state index in [1.165, 1.54) is 18.8 Å². The summed E-state index contributed by atoms with van der Waals surface area (Å²) in [4.78, 5) is 11.8. The maximum Gasteiger partial charge on any atom is 0.388 e. The lowest BCUT2D eigenvalue weighted by Crippen LogP contribution is -2.16. The van der Waals surface area contributed by atoms with Crippen LogP contribution in [0.5, 0.6) is 5.88 Å². The summed E-state index contributed by atoms with van der Waals surface area (Å²) in [6.07, 6.45) is 0. The molecule has 11 heteroatoms. The number of carbonyl (C=O) groups excluding carboxylic acids is 1. The zero-order chi connectivity index (χ0) is 14.0. The standard InChI is InChI=1S/C8H9F2N7O2/c1-16-5(19-7(9)10)3-4(13-16)6(18)11-8-12-14-15-17(8)2/h3,7H,1-2H3,(H,11,12,15,18). The quantitative estimate of drug-likeness (QED) is 0.827. The molecule has 19 heavy (non-hydrogen) atoms. The average Bonchev–Trinajstić information content (AvgIpc) is 2.87. The first-order valence-corrected chi connectivity index (χ1v) is 5.00. The van der Waals surface area contributed by atoms with Gasteiger partial charge in [-0.05, 0) is 10.4 Å². The van der Waals surface area contributed by atoms with Gasteiger partial charge < -0.3 is 4.74 Å². The first-order valence-electron chi connectivity index (χ1n) is 5.00. The van der Waals surface area contributed by atoms with Crippen molar-refractivity contribution in [2.75, 3.05) is 5.32 Å². The SMILES string of the molecule is Cn1nc(C(=O)Nc2nnnn2C)cc1OC(F)F. The lowest BCUT2D eigenvalue weighted by atomic mass is 10.4. The van der Waals surface area contributed by atoms with Crippen LogP contribution in [-0.4, -0.2) is 42.5 Å². The van der Waals surface area contributed by atoms with Crippen molar-refractivity contribution in [3.8, 4) is 5.88 Å². The Morgan fingerprint density at radius 1 is 1.42 bits per heavy atom. The molecule has 2 aromatic rings. The van der Waals surface area contributed by atoms with Crippen molar-refractivity contribution in [1.82, 2.24) is 30.0 Å². The molecule has 0 unspecified atom stereocenters. The molecular weight excluding hydrogens is 264 g/mol. The number of tetrazole rings is 1. The summed E-state index contributed by atoms with van der Waals surface area (Å²) in [5.41, 5.74) is -0.0962. The number of alkyl halides is 2. The van der Waals surface area contributed by atoms with E-state index in [-0.39, 0.29) is 17.5 Å². The number of nitrogens with zero attached hydrogens (tertiary/aromatic N) is 6. The van der Waals surface area contributed by atoms with Gasteiger partial charge in [0.25, 0.3) is 5.91 Å². The molecule has 2 heterocycles. The third kappa shape index (κ3) is 2.81. The van der Waals surface area contributed by atoms with E-state index in [1.54, 1.807) is 0 Å². The minimum absolute atomic E-state index is 0.0962. The number of amides is 1. The van der Waals surface area contributed by atoms with Crippen LogP contribution in [0, 0.1) is 0 Å². The topological polar surface area (TPSA) is 99.8 Å². The van der Waals surface area contributed by atoms with Crippen LogP contribution in [0.2, 0.25) is 0 Å². The Hall–Kier alpha value is -2.59. The second kappa shape index (κ2) is 4.96. The average molecular weight is 273 g/mol. The van der Waals surface area contributed by atoms with Crippen LogP contribution in [-0.2, 0) is 14.1 Å². The molecule has 0 saturated heterocycles. The van der Waals surface area contributed by atoms with Crippen LogP contribution in [0.1, 0.15) is 10.5 Å². The van der Waals surface area contributed by atoms with Crippen LogP contribution in [0.3, 0.4) is 0 Å². The summed E-state index contributed by atoms with van der Waals surface area (Å²) in [6.45, 7) is -2.99. The van der Waals surface area contributed by atoms with Gasteiger partial charge in [0.15, 0.2) is 5.69 Å². The Morgan fingerprint density at radius 2 is 2.16 bits per heavy atom. The van der Waals surface area contributed by atoms with E-state index in [2.05, 4.69) is 30.7 Å². The lowest BCUT2D eigenvalue weighted by Gasteiger charge is -2.01. The number of nitrogens with one attached hydrogen (secondary N) is 1. The fourth-order valence-corrected chi connectivity index (χ4v) is 1.26. The maximum atomic E-state index is 12.1. The number of aromatic nitrogens is 6. The zero-order valence-corrected chi connectivity index (χ0v) is 9.91. The number of ether oxygens (including phenoxy) is 1. The molecule has 0 aromatic carbocycles. The van der Waals surface area contributed by atoms with Crippen molar-refractivity contribution in [1.29, 1.82) is 0 Å². The highest BCUT2D eigenvalue weighted by molar-refractivity contribution is 6.02. The van der Waals surface area contributed by atoms with E-state index in [9.17, 15) is 13.6 Å². The molecule has 0 bridgehead atoms. The molecule has 0 fully saturated rings. The van der Waals surface area contributed by atoms with Crippen LogP contribution in [0.25, 0.3) is 0 Å². The molecule has 1 N–H and O–H groups in total. The minimum Gasteiger partial charge on any atom is -0.417 e. The number of halogens is 2. The van der Waals surface area contributed by atoms with E-state index in [4.69, 9.17) is 0 Å². The highest BCUT2D eigenvalue weighted by Gasteiger charge is 2.17. The number of anilines is 1. The van der Waals surface area contributed by atoms with Crippen molar-refractivity contribution in [2.45, 2.75) is 6.61 Å². The van der Waals surface area contributed by atoms with Gasteiger partial charge in [-0.3, -0.25) is 10.1 Å². The summed E-state index contributed by atoms with van der Waals surface area (Å²) < 4.78 is 30.6. The van der Waals surface area contributed by atoms with Crippen LogP contribution >= 0.6 is 0 Å². The fourth-order valence-electron chi connectivity index (χ4n) is 1.26. The Bertz CT molecular complexity index is 594. The Balaban J connectivity index is 2.14. The molecule has 0 aliphatic heterocycles. The van der Waals surface area contributed by atoms with Gasteiger partial charge in [0.1, 0.15) is 0 Å². The van der Waals surface area contributed by atoms with E-state index in [0.29, 0.717) is 0 Å². The van der Waals surface area contributed by atoms with Crippen molar-refractivity contribution in [3.05, 3.63) is 11.8 Å². The molecule has 9 nitrogen and oxygen atoms in total. The van der Waals surface area contributed by atoms with E-state index in [1.807, 2.05) is 0 Å². The molecule has 0 saturated carbocycles. The number of rotatable bonds is 4. The van der Waals surface area contributed by atoms with Crippen LogP contribution < -0.4 is 10.1 Å². The molecule has 0 aliphatic carbocycles. The van der Waals surface area contributed by atoms with Gasteiger partial charge in [-0.15, -0.1) is 0 Å². The summed E-state index contributed by atoms with van der Waals surface area (Å²) in [6, 6.07) is 1.09. The molecule has 0 radical (unpaired) electrons. The molecule has 0 spiro atoms. The van der Waals surface area contributed by atoms with Gasteiger partial charge in [-0.25, -0.2) is 9.36 Å². The van der Waals surface area contributed by atoms with Crippen molar-refractivity contribution in [3.63, 3.8) is 0 Å². The lowest BCUT2D eigenvalue weighted by molar-refractivity contribution is -0.0553. The van der Waals surface area contributed by atoms with Crippen LogP contribution in [0.15, 0.2) is 6.07 Å². The number of aryl methyl sites for hydroxylation is 2. The van der Waals surface area contributed by atoms with Crippen molar-refractivity contribution in [2.24, 2.45) is 14.1 Å². The zero-order valence-electron chi connectivity index (χ0n) is 9.91. The van der Waals surface area contributed by atoms with Crippen molar-refractivity contribution >= 4 is 11.9 Å². The Kier molecular flexibility index (Phi) is 3.35. The van der Waals surface area contributed by atoms with Gasteiger partial charge >= 0.3 is 6.61 Å². The first kappa shape index (κ1) is 12.9. The number of hydrogen-bond donors (Lipinski definition) is 1. The fraction of sp³-hybridized carbons (Fsp3) is 0.375. The summed E-state index contributed by atoms with van der Waals surface area (Å²) >= 11 is 0. The van der Waals surface area contributed by atoms with Crippen LogP contribution in [0.4, 0.5) is 14.7 Å². The first-order chi connectivity index (χ1) is 8.97. The van der Waals surface area contributed by atoms with Gasteiger partial charge in [0.05, 0.1) is 0 Å². The van der Waals surface area contributed by atoms with Gasteiger partial charge in [-0.1, -0.05) is 5.10 Å². The minimum atomic E-state index is -2.99. The maximum absolute atomic E-state index is 12.1. The highest BCUT2D eigenvalue weighted by atomic mass is 19.3. The normalized spacial score (nSPS) is 10.8. The molecule has 0 aliphatic rings. The van der Waals surface area contributed by atoms with Gasteiger partial charge in [-0.2, -0.15) is 13.9 Å². The third-order valence-electron chi connectivity index (χ3n) is 2.12. The molecule has 1 amide bonds. The monoisotopic (exact) mass is 273 g/mol. The molecule has 2 rings (SSSR count). The number of hydrogen-bond acceptors (Lipinski definition) is 6. The van der Waals surface area contributed by atoms with E-state index >= 15 is 0 Å². The van der Waals surface area contributed by atoms with Gasteiger partial charge in [0.2, 0.25) is 11.8 Å². The van der Waals surface area contributed by atoms with Crippen molar-refractivity contribution < 1.29 is 18.3 Å². The summed E-state index contributed by atoms with van der Waals surface area (Å²) in [5, 5.41) is 16.5. The van der Waals surface area contributed by atoms with Gasteiger partial charge in [0, 0.05) is 20.2 Å². The third-order valence-corrected chi connectivity index (χ3v) is 2.12. The van der Waals surface area contributed by atoms with E-state index < -0.39 is 12.5 Å². The summed E-state index contributed by atoms with van der Waals surface area (Å²) in [5.74, 6) is -0.763. The van der Waals surface area contributed by atoms with E-state index in [0.717, 1.165) is 10.7 Å². The second-order valence-electron chi connectivity index (χ2n) is 3.45. The smallest absolute Gasteiger partial charge is 0.388 e. The molecule has 0 atom stereocenters. The predicted molar refractivity (Wildman–Crippen MR) is 56.6 cm³/mol. The molecule has 2 aromatic heterocycles. The predicted octanol–water partition coefficient (Wildman–Crippen LogP) is -0.203. The Morgan fingerprint density at radius 3 is 2.74 bits per heavy atom. The number of carbonyl (C=O) groups is 1. The summed E-state index contributed by atoms with van der Waals surface area (Å²) in [7, 11) is 2.90. The largest absolute Gasteiger partial charge is 0.417 e. The highest BCUT2D eigenvalue weighted by Crippen LogP contribution is 2.15. The molecule has 102 valence electrons.